The summed E-state index contributed by atoms with van der Waals surface area (Å²) in [6.45, 7) is 2.68. The maximum absolute atomic E-state index is 12.2. The summed E-state index contributed by atoms with van der Waals surface area (Å²) in [5.74, 6) is 1.49. The number of benzene rings is 1. The fourth-order valence-electron chi connectivity index (χ4n) is 4.08. The molecule has 6 heteroatoms. The van der Waals surface area contributed by atoms with Crippen molar-refractivity contribution < 1.29 is 23.7 Å². The lowest BCUT2D eigenvalue weighted by molar-refractivity contribution is 0.159. The number of unbranched alkanes of at least 4 members (excludes halogenated alkanes) is 15. The van der Waals surface area contributed by atoms with Crippen LogP contribution in [0.5, 0.6) is 17.2 Å². The Morgan fingerprint density at radius 3 is 1.44 bits per heavy atom. The van der Waals surface area contributed by atoms with Crippen LogP contribution in [0, 0.1) is 0 Å². The first-order chi connectivity index (χ1) is 16.7. The van der Waals surface area contributed by atoms with Crippen LogP contribution < -0.4 is 19.5 Å². The van der Waals surface area contributed by atoms with Crippen molar-refractivity contribution >= 4 is 11.8 Å². The van der Waals surface area contributed by atoms with E-state index < -0.39 is 6.09 Å². The van der Waals surface area contributed by atoms with Crippen LogP contribution in [0.2, 0.25) is 0 Å². The molecule has 1 aromatic carbocycles. The fourth-order valence-corrected chi connectivity index (χ4v) is 4.08. The molecule has 6 nitrogen and oxygen atoms in total. The van der Waals surface area contributed by atoms with Gasteiger partial charge in [-0.1, -0.05) is 103 Å². The van der Waals surface area contributed by atoms with Gasteiger partial charge in [-0.25, -0.2) is 4.79 Å². The first-order valence-corrected chi connectivity index (χ1v) is 13.4. The first-order valence-electron chi connectivity index (χ1n) is 13.4. The van der Waals surface area contributed by atoms with E-state index in [1.54, 1.807) is 19.2 Å². The zero-order valence-corrected chi connectivity index (χ0v) is 22.2. The minimum absolute atomic E-state index is 0.408. The number of amides is 1. The maximum Gasteiger partial charge on any atom is 0.411 e. The van der Waals surface area contributed by atoms with Crippen molar-refractivity contribution in [2.75, 3.05) is 33.3 Å². The Morgan fingerprint density at radius 2 is 1.06 bits per heavy atom. The van der Waals surface area contributed by atoms with E-state index >= 15 is 0 Å². The molecule has 0 heterocycles. The number of methoxy groups -OCH3 is 3. The number of anilines is 1. The monoisotopic (exact) mass is 479 g/mol. The predicted octanol–water partition coefficient (Wildman–Crippen LogP) is 8.52. The Hall–Kier alpha value is -2.11. The summed E-state index contributed by atoms with van der Waals surface area (Å²) in [6, 6.07) is 3.38. The third-order valence-electron chi connectivity index (χ3n) is 6.17. The highest BCUT2D eigenvalue weighted by molar-refractivity contribution is 5.89. The van der Waals surface area contributed by atoms with Crippen LogP contribution in [0.15, 0.2) is 12.1 Å². The highest BCUT2D eigenvalue weighted by Crippen LogP contribution is 2.38. The second-order valence-electron chi connectivity index (χ2n) is 8.97. The summed E-state index contributed by atoms with van der Waals surface area (Å²) >= 11 is 0. The molecule has 0 fully saturated rings. The van der Waals surface area contributed by atoms with Crippen molar-refractivity contribution in [3.63, 3.8) is 0 Å². The van der Waals surface area contributed by atoms with Crippen LogP contribution in [0.3, 0.4) is 0 Å². The number of carbonyl (C=O) groups excluding carboxylic acids is 1. The summed E-state index contributed by atoms with van der Waals surface area (Å²) in [5.41, 5.74) is 0.433. The number of hydrogen-bond donors (Lipinski definition) is 1. The minimum Gasteiger partial charge on any atom is -0.496 e. The van der Waals surface area contributed by atoms with Gasteiger partial charge in [0.2, 0.25) is 0 Å². The number of hydrogen-bond acceptors (Lipinski definition) is 5. The van der Waals surface area contributed by atoms with Crippen LogP contribution >= 0.6 is 0 Å². The van der Waals surface area contributed by atoms with E-state index in [9.17, 15) is 4.79 Å². The van der Waals surface area contributed by atoms with Gasteiger partial charge in [0.05, 0.1) is 27.9 Å². The van der Waals surface area contributed by atoms with Crippen molar-refractivity contribution in [1.82, 2.24) is 0 Å². The topological polar surface area (TPSA) is 66.0 Å². The van der Waals surface area contributed by atoms with Crippen molar-refractivity contribution in [2.45, 2.75) is 110 Å². The van der Waals surface area contributed by atoms with Crippen molar-refractivity contribution in [2.24, 2.45) is 0 Å². The molecule has 34 heavy (non-hydrogen) atoms. The highest BCUT2D eigenvalue weighted by atomic mass is 16.5. The Bertz CT molecular complexity index is 625. The Morgan fingerprint density at radius 1 is 0.647 bits per heavy atom. The van der Waals surface area contributed by atoms with Gasteiger partial charge in [0.25, 0.3) is 0 Å². The van der Waals surface area contributed by atoms with Crippen LogP contribution in [-0.2, 0) is 4.74 Å². The molecule has 0 radical (unpaired) electrons. The van der Waals surface area contributed by atoms with Crippen LogP contribution in [0.4, 0.5) is 10.5 Å². The van der Waals surface area contributed by atoms with Gasteiger partial charge in [-0.2, -0.15) is 0 Å². The molecule has 0 saturated heterocycles. The van der Waals surface area contributed by atoms with Gasteiger partial charge >= 0.3 is 6.09 Å². The van der Waals surface area contributed by atoms with E-state index in [2.05, 4.69) is 12.2 Å². The normalized spacial score (nSPS) is 10.7. The zero-order chi connectivity index (χ0) is 24.9. The molecule has 0 bridgehead atoms. The molecule has 1 N–H and O–H groups in total. The van der Waals surface area contributed by atoms with Gasteiger partial charge in [-0.05, 0) is 6.42 Å². The van der Waals surface area contributed by atoms with E-state index in [1.807, 2.05) is 0 Å². The molecule has 0 saturated carbocycles. The second-order valence-corrected chi connectivity index (χ2v) is 8.97. The molecule has 1 rings (SSSR count). The van der Waals surface area contributed by atoms with Gasteiger partial charge in [0.1, 0.15) is 22.9 Å². The summed E-state index contributed by atoms with van der Waals surface area (Å²) < 4.78 is 21.2. The van der Waals surface area contributed by atoms with Crippen molar-refractivity contribution in [3.05, 3.63) is 12.1 Å². The van der Waals surface area contributed by atoms with Gasteiger partial charge in [0, 0.05) is 12.1 Å². The van der Waals surface area contributed by atoms with E-state index in [0.29, 0.717) is 29.5 Å². The molecule has 1 aromatic rings. The maximum atomic E-state index is 12.2. The smallest absolute Gasteiger partial charge is 0.411 e. The number of rotatable bonds is 21. The molecule has 1 amide bonds. The Labute approximate surface area is 208 Å². The highest BCUT2D eigenvalue weighted by Gasteiger charge is 2.16. The van der Waals surface area contributed by atoms with Crippen molar-refractivity contribution in [1.29, 1.82) is 0 Å². The predicted molar refractivity (Wildman–Crippen MR) is 141 cm³/mol. The second kappa shape index (κ2) is 20.3. The van der Waals surface area contributed by atoms with Gasteiger partial charge < -0.3 is 18.9 Å². The quantitative estimate of drug-likeness (QED) is 0.179. The fraction of sp³-hybridized carbons (Fsp3) is 0.750. The molecule has 0 aliphatic heterocycles. The Balaban J connectivity index is 2.02. The van der Waals surface area contributed by atoms with Gasteiger partial charge in [0.15, 0.2) is 0 Å². The average Bonchev–Trinajstić information content (AvgIpc) is 2.85. The van der Waals surface area contributed by atoms with Gasteiger partial charge in [-0.15, -0.1) is 0 Å². The molecular weight excluding hydrogens is 430 g/mol. The van der Waals surface area contributed by atoms with Crippen molar-refractivity contribution in [3.8, 4) is 17.2 Å². The number of carbonyl (C=O) groups is 1. The largest absolute Gasteiger partial charge is 0.496 e. The molecule has 0 aliphatic rings. The van der Waals surface area contributed by atoms with E-state index in [-0.39, 0.29) is 0 Å². The SMILES string of the molecule is CCCCCCCCCCCCCCCCCCOC(=O)Nc1c(OC)cc(OC)cc1OC. The summed E-state index contributed by atoms with van der Waals surface area (Å²) in [4.78, 5) is 12.2. The Kier molecular flexibility index (Phi) is 17.8. The third kappa shape index (κ3) is 13.6. The lowest BCUT2D eigenvalue weighted by Gasteiger charge is -2.15. The van der Waals surface area contributed by atoms with Crippen LogP contribution in [-0.4, -0.2) is 34.0 Å². The third-order valence-corrected chi connectivity index (χ3v) is 6.17. The average molecular weight is 480 g/mol. The molecule has 0 unspecified atom stereocenters. The molecule has 0 atom stereocenters. The summed E-state index contributed by atoms with van der Waals surface area (Å²) in [6.07, 6.45) is 20.6. The number of nitrogens with one attached hydrogen (secondary N) is 1. The minimum atomic E-state index is -0.511. The molecule has 0 spiro atoms. The molecular formula is C28H49NO5. The summed E-state index contributed by atoms with van der Waals surface area (Å²) in [7, 11) is 4.62. The van der Waals surface area contributed by atoms with E-state index in [0.717, 1.165) is 12.8 Å². The lowest BCUT2D eigenvalue weighted by Crippen LogP contribution is -2.15. The summed E-state index contributed by atoms with van der Waals surface area (Å²) in [5, 5.41) is 2.72. The molecule has 196 valence electrons. The standard InChI is InChI=1S/C28H49NO5/c1-5-6-7-8-9-10-11-12-13-14-15-16-17-18-19-20-21-34-28(30)29-27-25(32-3)22-24(31-2)23-26(27)33-4/h22-23H,5-21H2,1-4H3,(H,29,30). The van der Waals surface area contributed by atoms with E-state index in [4.69, 9.17) is 18.9 Å². The molecule has 0 aliphatic carbocycles. The first kappa shape index (κ1) is 29.9. The number of ether oxygens (including phenoxy) is 4. The lowest BCUT2D eigenvalue weighted by atomic mass is 10.0. The van der Waals surface area contributed by atoms with Crippen LogP contribution in [0.25, 0.3) is 0 Å². The zero-order valence-electron chi connectivity index (χ0n) is 22.2. The molecule has 0 aromatic heterocycles. The van der Waals surface area contributed by atoms with Crippen LogP contribution in [0.1, 0.15) is 110 Å². The van der Waals surface area contributed by atoms with E-state index in [1.165, 1.54) is 104 Å². The van der Waals surface area contributed by atoms with Gasteiger partial charge in [-0.3, -0.25) is 5.32 Å².